The molecule has 1 atom stereocenters. The number of likely N-dealkylation sites (tertiary alicyclic amines) is 2. The lowest BCUT2D eigenvalue weighted by Crippen LogP contribution is -2.60. The summed E-state index contributed by atoms with van der Waals surface area (Å²) in [7, 11) is 0. The average molecular weight is 375 g/mol. The van der Waals surface area contributed by atoms with Crippen molar-refractivity contribution in [3.8, 4) is 0 Å². The Kier molecular flexibility index (Phi) is 4.92. The molecule has 6 nitrogen and oxygen atoms in total. The highest BCUT2D eigenvalue weighted by atomic mass is 32.2. The van der Waals surface area contributed by atoms with Gasteiger partial charge in [0.05, 0.1) is 16.4 Å². The first-order chi connectivity index (χ1) is 12.5. The van der Waals surface area contributed by atoms with Gasteiger partial charge in [-0.3, -0.25) is 14.6 Å². The number of hydrogen-bond donors (Lipinski definition) is 0. The van der Waals surface area contributed by atoms with Crippen LogP contribution in [-0.4, -0.2) is 76.0 Å². The van der Waals surface area contributed by atoms with E-state index >= 15 is 0 Å². The van der Waals surface area contributed by atoms with E-state index in [-0.39, 0.29) is 29.3 Å². The van der Waals surface area contributed by atoms with E-state index in [0.717, 1.165) is 56.8 Å². The first-order valence-electron chi connectivity index (χ1n) is 9.29. The topological polar surface area (TPSA) is 62.7 Å². The lowest BCUT2D eigenvalue weighted by atomic mass is 9.92. The molecule has 0 radical (unpaired) electrons. The van der Waals surface area contributed by atoms with E-state index < -0.39 is 0 Å². The monoisotopic (exact) mass is 375 g/mol. The fourth-order valence-corrected chi connectivity index (χ4v) is 5.58. The summed E-state index contributed by atoms with van der Waals surface area (Å²) in [5.74, 6) is 1.08. The van der Waals surface area contributed by atoms with Crippen molar-refractivity contribution in [2.45, 2.75) is 37.0 Å². The molecule has 140 valence electrons. The Bertz CT molecular complexity index is 699. The van der Waals surface area contributed by atoms with Crippen LogP contribution in [0.3, 0.4) is 0 Å². The van der Waals surface area contributed by atoms with Crippen LogP contribution in [0.1, 0.15) is 35.2 Å². The van der Waals surface area contributed by atoms with Crippen LogP contribution < -0.4 is 0 Å². The van der Waals surface area contributed by atoms with E-state index in [0.29, 0.717) is 5.56 Å². The molecule has 3 fully saturated rings. The highest BCUT2D eigenvalue weighted by Crippen LogP contribution is 2.46. The number of amides is 2. The summed E-state index contributed by atoms with van der Waals surface area (Å²) in [6, 6.07) is 1.89. The van der Waals surface area contributed by atoms with Gasteiger partial charge in [-0.05, 0) is 37.8 Å². The quantitative estimate of drug-likeness (QED) is 0.802. The molecule has 7 heteroatoms. The lowest BCUT2D eigenvalue weighted by molar-refractivity contribution is -0.136. The van der Waals surface area contributed by atoms with E-state index in [1.165, 1.54) is 0 Å². The predicted octanol–water partition coefficient (Wildman–Crippen LogP) is 1.73. The van der Waals surface area contributed by atoms with E-state index in [1.54, 1.807) is 12.4 Å². The molecular weight excluding hydrogens is 350 g/mol. The van der Waals surface area contributed by atoms with Gasteiger partial charge in [0, 0.05) is 44.3 Å². The SMILES string of the molecule is Cc1cncc(C(=O)N2CC3(C[C@@H](OCC(=O)N4CCCC4)CS3)C2)c1. The molecule has 0 aliphatic carbocycles. The van der Waals surface area contributed by atoms with Crippen LogP contribution in [0.15, 0.2) is 18.5 Å². The van der Waals surface area contributed by atoms with Crippen LogP contribution in [0.25, 0.3) is 0 Å². The van der Waals surface area contributed by atoms with Gasteiger partial charge in [0.2, 0.25) is 5.91 Å². The van der Waals surface area contributed by atoms with Crippen molar-refractivity contribution >= 4 is 23.6 Å². The van der Waals surface area contributed by atoms with E-state index in [2.05, 4.69) is 4.98 Å². The molecule has 0 unspecified atom stereocenters. The van der Waals surface area contributed by atoms with Gasteiger partial charge in [0.15, 0.2) is 0 Å². The van der Waals surface area contributed by atoms with Crippen molar-refractivity contribution in [2.75, 3.05) is 38.5 Å². The molecule has 0 bridgehead atoms. The highest BCUT2D eigenvalue weighted by molar-refractivity contribution is 8.01. The molecule has 3 aliphatic heterocycles. The number of ether oxygens (including phenoxy) is 1. The Morgan fingerprint density at radius 3 is 2.77 bits per heavy atom. The molecule has 26 heavy (non-hydrogen) atoms. The summed E-state index contributed by atoms with van der Waals surface area (Å²) in [5, 5.41) is 0. The molecule has 0 saturated carbocycles. The van der Waals surface area contributed by atoms with E-state index in [1.807, 2.05) is 34.6 Å². The molecule has 1 aromatic heterocycles. The maximum atomic E-state index is 12.6. The van der Waals surface area contributed by atoms with Gasteiger partial charge in [0.25, 0.3) is 5.91 Å². The molecule has 0 aromatic carbocycles. The summed E-state index contributed by atoms with van der Waals surface area (Å²) in [6.07, 6.45) is 6.64. The van der Waals surface area contributed by atoms with Crippen molar-refractivity contribution in [2.24, 2.45) is 0 Å². The van der Waals surface area contributed by atoms with Gasteiger partial charge in [-0.2, -0.15) is 0 Å². The summed E-state index contributed by atoms with van der Waals surface area (Å²) >= 11 is 1.88. The molecule has 4 heterocycles. The molecule has 3 aliphatic rings. The number of nitrogens with zero attached hydrogens (tertiary/aromatic N) is 3. The van der Waals surface area contributed by atoms with Gasteiger partial charge >= 0.3 is 0 Å². The molecule has 3 saturated heterocycles. The fraction of sp³-hybridized carbons (Fsp3) is 0.632. The molecule has 4 rings (SSSR count). The standard InChI is InChI=1S/C19H25N3O3S/c1-14-6-15(9-20-8-14)18(24)22-12-19(13-22)7-16(11-26-19)25-10-17(23)21-4-2-3-5-21/h6,8-9,16H,2-5,7,10-13H2,1H3/t16-/m1/s1. The Hall–Kier alpha value is -1.60. The third kappa shape index (κ3) is 3.60. The van der Waals surface area contributed by atoms with E-state index in [9.17, 15) is 9.59 Å². The number of pyridine rings is 1. The van der Waals surface area contributed by atoms with Crippen LogP contribution in [0.2, 0.25) is 0 Å². The second-order valence-electron chi connectivity index (χ2n) is 7.63. The van der Waals surface area contributed by atoms with Crippen molar-refractivity contribution in [3.63, 3.8) is 0 Å². The summed E-state index contributed by atoms with van der Waals surface area (Å²) < 4.78 is 5.98. The second-order valence-corrected chi connectivity index (χ2v) is 9.12. The van der Waals surface area contributed by atoms with Crippen molar-refractivity contribution < 1.29 is 14.3 Å². The summed E-state index contributed by atoms with van der Waals surface area (Å²) in [6.45, 7) is 5.39. The summed E-state index contributed by atoms with van der Waals surface area (Å²) in [5.41, 5.74) is 1.66. The van der Waals surface area contributed by atoms with Gasteiger partial charge in [-0.25, -0.2) is 0 Å². The molecule has 2 amide bonds. The van der Waals surface area contributed by atoms with Crippen molar-refractivity contribution in [1.82, 2.24) is 14.8 Å². The van der Waals surface area contributed by atoms with Crippen LogP contribution in [0.4, 0.5) is 0 Å². The summed E-state index contributed by atoms with van der Waals surface area (Å²) in [4.78, 5) is 32.6. The van der Waals surface area contributed by atoms with Crippen molar-refractivity contribution in [3.05, 3.63) is 29.6 Å². The number of aryl methyl sites for hydroxylation is 1. The Labute approximate surface area is 158 Å². The Morgan fingerprint density at radius 1 is 1.27 bits per heavy atom. The third-order valence-electron chi connectivity index (χ3n) is 5.44. The minimum atomic E-state index is 0.0565. The largest absolute Gasteiger partial charge is 0.367 e. The van der Waals surface area contributed by atoms with Crippen LogP contribution in [0.5, 0.6) is 0 Å². The molecule has 0 N–H and O–H groups in total. The number of hydrogen-bond acceptors (Lipinski definition) is 5. The Balaban J connectivity index is 1.24. The minimum Gasteiger partial charge on any atom is -0.367 e. The minimum absolute atomic E-state index is 0.0565. The van der Waals surface area contributed by atoms with Crippen LogP contribution >= 0.6 is 11.8 Å². The fourth-order valence-electron chi connectivity index (χ4n) is 4.02. The maximum absolute atomic E-state index is 12.6. The molecule has 1 aromatic rings. The normalized spacial score (nSPS) is 24.1. The number of rotatable bonds is 4. The number of thioether (sulfide) groups is 1. The zero-order chi connectivity index (χ0) is 18.1. The zero-order valence-corrected chi connectivity index (χ0v) is 16.0. The highest BCUT2D eigenvalue weighted by Gasteiger charge is 2.51. The Morgan fingerprint density at radius 2 is 2.04 bits per heavy atom. The molecule has 1 spiro atoms. The van der Waals surface area contributed by atoms with Crippen molar-refractivity contribution in [1.29, 1.82) is 0 Å². The van der Waals surface area contributed by atoms with E-state index in [4.69, 9.17) is 4.74 Å². The van der Waals surface area contributed by atoms with Gasteiger partial charge in [-0.1, -0.05) is 0 Å². The van der Waals surface area contributed by atoms with Gasteiger partial charge in [0.1, 0.15) is 6.61 Å². The first kappa shape index (κ1) is 17.8. The van der Waals surface area contributed by atoms with Gasteiger partial charge in [-0.15, -0.1) is 11.8 Å². The smallest absolute Gasteiger partial charge is 0.255 e. The lowest BCUT2D eigenvalue weighted by Gasteiger charge is -2.47. The number of aromatic nitrogens is 1. The predicted molar refractivity (Wildman–Crippen MR) is 100 cm³/mol. The van der Waals surface area contributed by atoms with Gasteiger partial charge < -0.3 is 14.5 Å². The maximum Gasteiger partial charge on any atom is 0.255 e. The average Bonchev–Trinajstić information content (AvgIpc) is 3.27. The third-order valence-corrected chi connectivity index (χ3v) is 7.02. The number of carbonyl (C=O) groups is 2. The second kappa shape index (κ2) is 7.19. The molecular formula is C19H25N3O3S. The zero-order valence-electron chi connectivity index (χ0n) is 15.1. The van der Waals surface area contributed by atoms with Crippen LogP contribution in [0, 0.1) is 6.92 Å². The first-order valence-corrected chi connectivity index (χ1v) is 10.3. The van der Waals surface area contributed by atoms with Crippen LogP contribution in [-0.2, 0) is 9.53 Å². The number of carbonyl (C=O) groups excluding carboxylic acids is 2.